The molecule has 3 aromatic carbocycles. The van der Waals surface area contributed by atoms with E-state index >= 15 is 8.78 Å². The third-order valence-corrected chi connectivity index (χ3v) is 8.82. The molecular formula is C35H38F2N4O5. The van der Waals surface area contributed by atoms with Crippen LogP contribution in [0.3, 0.4) is 0 Å². The second-order valence-electron chi connectivity index (χ2n) is 13.4. The lowest BCUT2D eigenvalue weighted by molar-refractivity contribution is 0.0122. The fourth-order valence-corrected chi connectivity index (χ4v) is 6.58. The van der Waals surface area contributed by atoms with Crippen molar-refractivity contribution in [1.82, 2.24) is 14.9 Å². The highest BCUT2D eigenvalue weighted by molar-refractivity contribution is 6.01. The van der Waals surface area contributed by atoms with Gasteiger partial charge in [0.2, 0.25) is 0 Å². The number of hydrogen-bond donors (Lipinski definition) is 0. The molecule has 4 aromatic rings. The Morgan fingerprint density at radius 2 is 1.70 bits per heavy atom. The van der Waals surface area contributed by atoms with Crippen LogP contribution in [0.4, 0.5) is 19.4 Å². The molecule has 242 valence electrons. The van der Waals surface area contributed by atoms with Crippen molar-refractivity contribution in [3.63, 3.8) is 0 Å². The number of methoxy groups -OCH3 is 1. The molecule has 3 heterocycles. The third-order valence-electron chi connectivity index (χ3n) is 8.82. The second kappa shape index (κ2) is 11.8. The van der Waals surface area contributed by atoms with Crippen molar-refractivity contribution in [3.05, 3.63) is 54.1 Å². The van der Waals surface area contributed by atoms with Crippen LogP contribution in [0.5, 0.6) is 11.8 Å². The smallest absolute Gasteiger partial charge is 0.410 e. The molecule has 2 saturated heterocycles. The van der Waals surface area contributed by atoms with Crippen LogP contribution in [-0.4, -0.2) is 72.2 Å². The predicted molar refractivity (Wildman–Crippen MR) is 170 cm³/mol. The average molecular weight is 633 g/mol. The molecule has 1 amide bonds. The largest absolute Gasteiger partial charge is 0.468 e. The Bertz CT molecular complexity index is 1790. The molecule has 46 heavy (non-hydrogen) atoms. The third kappa shape index (κ3) is 5.88. The van der Waals surface area contributed by atoms with E-state index in [-0.39, 0.29) is 47.4 Å². The molecule has 2 atom stereocenters. The lowest BCUT2D eigenvalue weighted by Gasteiger charge is -2.42. The van der Waals surface area contributed by atoms with Crippen LogP contribution < -0.4 is 14.4 Å². The minimum absolute atomic E-state index is 0.0120. The summed E-state index contributed by atoms with van der Waals surface area (Å²) in [6, 6.07) is 11.9. The van der Waals surface area contributed by atoms with Gasteiger partial charge >= 0.3 is 12.1 Å². The molecule has 3 fully saturated rings. The van der Waals surface area contributed by atoms with Crippen molar-refractivity contribution >= 4 is 33.6 Å². The van der Waals surface area contributed by atoms with Gasteiger partial charge in [0.25, 0.3) is 0 Å². The Morgan fingerprint density at radius 3 is 2.39 bits per heavy atom. The Balaban J connectivity index is 1.32. The van der Waals surface area contributed by atoms with Crippen LogP contribution in [0.1, 0.15) is 46.5 Å². The number of fused-ring (bicyclic) bond motifs is 4. The van der Waals surface area contributed by atoms with Crippen LogP contribution >= 0.6 is 0 Å². The summed E-state index contributed by atoms with van der Waals surface area (Å²) in [6.45, 7) is 6.85. The number of ether oxygens (including phenoxy) is 4. The number of piperazine rings is 1. The molecule has 0 N–H and O–H groups in total. The highest BCUT2D eigenvalue weighted by Crippen LogP contribution is 2.42. The van der Waals surface area contributed by atoms with Gasteiger partial charge in [0, 0.05) is 25.6 Å². The first-order valence-electron chi connectivity index (χ1n) is 15.8. The summed E-state index contributed by atoms with van der Waals surface area (Å²) >= 11 is 0. The van der Waals surface area contributed by atoms with Crippen LogP contribution in [0.15, 0.2) is 42.5 Å². The van der Waals surface area contributed by atoms with Gasteiger partial charge in [-0.2, -0.15) is 9.97 Å². The summed E-state index contributed by atoms with van der Waals surface area (Å²) < 4.78 is 55.6. The van der Waals surface area contributed by atoms with E-state index < -0.39 is 17.2 Å². The van der Waals surface area contributed by atoms with Crippen LogP contribution in [0.2, 0.25) is 0 Å². The minimum Gasteiger partial charge on any atom is -0.468 e. The van der Waals surface area contributed by atoms with Gasteiger partial charge in [0.15, 0.2) is 12.6 Å². The van der Waals surface area contributed by atoms with Gasteiger partial charge < -0.3 is 23.8 Å². The van der Waals surface area contributed by atoms with E-state index in [4.69, 9.17) is 23.9 Å². The van der Waals surface area contributed by atoms with Crippen molar-refractivity contribution in [3.8, 4) is 22.9 Å². The van der Waals surface area contributed by atoms with E-state index in [1.165, 1.54) is 13.2 Å². The van der Waals surface area contributed by atoms with E-state index in [0.29, 0.717) is 48.1 Å². The molecule has 9 nitrogen and oxygen atoms in total. The van der Waals surface area contributed by atoms with Crippen molar-refractivity contribution in [2.24, 2.45) is 5.92 Å². The summed E-state index contributed by atoms with van der Waals surface area (Å²) in [5.41, 5.74) is -0.510. The Labute approximate surface area is 266 Å². The molecule has 11 heteroatoms. The van der Waals surface area contributed by atoms with Gasteiger partial charge in [-0.1, -0.05) is 24.3 Å². The van der Waals surface area contributed by atoms with Gasteiger partial charge in [-0.05, 0) is 86.9 Å². The molecule has 1 saturated carbocycles. The van der Waals surface area contributed by atoms with Crippen molar-refractivity contribution in [1.29, 1.82) is 0 Å². The molecule has 7 rings (SSSR count). The van der Waals surface area contributed by atoms with E-state index in [1.54, 1.807) is 6.07 Å². The number of aromatic nitrogens is 2. The van der Waals surface area contributed by atoms with Gasteiger partial charge in [-0.25, -0.2) is 13.6 Å². The first-order chi connectivity index (χ1) is 22.1. The predicted octanol–water partition coefficient (Wildman–Crippen LogP) is 7.09. The maximum absolute atomic E-state index is 16.8. The minimum atomic E-state index is -0.806. The maximum Gasteiger partial charge on any atom is 0.410 e. The summed E-state index contributed by atoms with van der Waals surface area (Å²) in [5, 5.41) is 1.68. The normalized spacial score (nSPS) is 19.6. The van der Waals surface area contributed by atoms with Crippen molar-refractivity contribution in [2.45, 2.75) is 64.1 Å². The number of amides is 1. The van der Waals surface area contributed by atoms with E-state index in [1.807, 2.05) is 60.9 Å². The number of nitrogens with zero attached hydrogens (tertiary/aromatic N) is 4. The Morgan fingerprint density at radius 1 is 0.957 bits per heavy atom. The summed E-state index contributed by atoms with van der Waals surface area (Å²) in [6.07, 6.45) is 3.39. The lowest BCUT2D eigenvalue weighted by Crippen LogP contribution is -2.57. The van der Waals surface area contributed by atoms with Crippen LogP contribution in [0, 0.1) is 17.6 Å². The molecule has 2 bridgehead atoms. The van der Waals surface area contributed by atoms with Crippen LogP contribution in [0.25, 0.3) is 32.8 Å². The van der Waals surface area contributed by atoms with Crippen LogP contribution in [-0.2, 0) is 9.47 Å². The van der Waals surface area contributed by atoms with Gasteiger partial charge in [-0.3, -0.25) is 4.90 Å². The molecule has 2 aliphatic heterocycles. The Kier molecular flexibility index (Phi) is 7.83. The quantitative estimate of drug-likeness (QED) is 0.191. The zero-order chi connectivity index (χ0) is 32.2. The zero-order valence-corrected chi connectivity index (χ0v) is 26.5. The summed E-state index contributed by atoms with van der Waals surface area (Å²) in [7, 11) is 1.51. The standard InChI is InChI=1S/C35H38F2N4O5/c1-35(2,3)46-34(42)41-22-11-12-23(41)17-40(16-22)32-27-15-28(36)29(30(37)31(27)38-33(39-32)44-18-20-9-10-20)26-14-24(45-19-43-4)13-21-7-5-6-8-25(21)26/h5-8,13-15,20,22-23H,9-12,16-19H2,1-4H3. The van der Waals surface area contributed by atoms with E-state index in [2.05, 4.69) is 4.98 Å². The average Bonchev–Trinajstić information content (AvgIpc) is 3.81. The van der Waals surface area contributed by atoms with Gasteiger partial charge in [0.05, 0.1) is 24.3 Å². The number of hydrogen-bond acceptors (Lipinski definition) is 8. The number of rotatable bonds is 8. The molecule has 0 spiro atoms. The number of carbonyl (C=O) groups is 1. The highest BCUT2D eigenvalue weighted by atomic mass is 19.1. The number of anilines is 1. The second-order valence-corrected chi connectivity index (χ2v) is 13.4. The Hall–Kier alpha value is -4.25. The monoisotopic (exact) mass is 632 g/mol. The van der Waals surface area contributed by atoms with Crippen molar-refractivity contribution < 1.29 is 32.5 Å². The molecule has 1 aliphatic carbocycles. The molecule has 0 radical (unpaired) electrons. The van der Waals surface area contributed by atoms with E-state index in [9.17, 15) is 4.79 Å². The van der Waals surface area contributed by atoms with Gasteiger partial charge in [-0.15, -0.1) is 0 Å². The fraction of sp³-hybridized carbons (Fsp3) is 0.457. The first kappa shape index (κ1) is 30.4. The lowest BCUT2D eigenvalue weighted by atomic mass is 9.95. The molecular weight excluding hydrogens is 594 g/mol. The number of halogens is 2. The first-order valence-corrected chi connectivity index (χ1v) is 15.8. The summed E-state index contributed by atoms with van der Waals surface area (Å²) in [4.78, 5) is 26.2. The van der Waals surface area contributed by atoms with Gasteiger partial charge in [0.1, 0.15) is 28.5 Å². The van der Waals surface area contributed by atoms with E-state index in [0.717, 1.165) is 31.1 Å². The summed E-state index contributed by atoms with van der Waals surface area (Å²) in [5.74, 6) is -0.316. The molecule has 1 aromatic heterocycles. The maximum atomic E-state index is 16.8. The zero-order valence-electron chi connectivity index (χ0n) is 26.5. The SMILES string of the molecule is COCOc1cc(-c2c(F)cc3c(N4CC5CCC(C4)N5C(=O)OC(C)(C)C)nc(OCC4CC4)nc3c2F)c2ccccc2c1. The number of carbonyl (C=O) groups excluding carboxylic acids is 1. The molecule has 3 aliphatic rings. The fourth-order valence-electron chi connectivity index (χ4n) is 6.58. The topological polar surface area (TPSA) is 86.3 Å². The highest BCUT2D eigenvalue weighted by Gasteiger charge is 2.45. The molecule has 2 unspecified atom stereocenters. The van der Waals surface area contributed by atoms with Crippen molar-refractivity contribution in [2.75, 3.05) is 38.5 Å². The number of benzene rings is 3.